The molecule has 6 nitrogen and oxygen atoms in total. The van der Waals surface area contributed by atoms with Crippen LogP contribution in [-0.4, -0.2) is 43.9 Å². The number of benzene rings is 1. The minimum absolute atomic E-state index is 0.171. The highest BCUT2D eigenvalue weighted by atomic mass is 35.5. The van der Waals surface area contributed by atoms with Crippen LogP contribution in [0.15, 0.2) is 29.4 Å². The second kappa shape index (κ2) is 8.77. The molecule has 26 heavy (non-hydrogen) atoms. The number of hydrogen-bond acceptors (Lipinski definition) is 5. The Labute approximate surface area is 162 Å². The Morgan fingerprint density at radius 3 is 2.81 bits per heavy atom. The van der Waals surface area contributed by atoms with E-state index in [-0.39, 0.29) is 5.91 Å². The van der Waals surface area contributed by atoms with Crippen LogP contribution in [0.5, 0.6) is 5.75 Å². The molecule has 140 valence electrons. The summed E-state index contributed by atoms with van der Waals surface area (Å²) >= 11 is 7.29. The minimum Gasteiger partial charge on any atom is -0.486 e. The maximum Gasteiger partial charge on any atom is 0.233 e. The molecule has 0 saturated carbocycles. The molecule has 3 rings (SSSR count). The van der Waals surface area contributed by atoms with Crippen molar-refractivity contribution in [3.05, 3.63) is 35.1 Å². The number of hydrogen-bond donors (Lipinski definition) is 0. The molecule has 1 fully saturated rings. The number of ether oxygens (including phenoxy) is 1. The van der Waals surface area contributed by atoms with Gasteiger partial charge in [-0.3, -0.25) is 4.79 Å². The Hall–Kier alpha value is -1.73. The van der Waals surface area contributed by atoms with Gasteiger partial charge in [-0.2, -0.15) is 0 Å². The third-order valence-electron chi connectivity index (χ3n) is 4.55. The average Bonchev–Trinajstić information content (AvgIpc) is 2.99. The van der Waals surface area contributed by atoms with Gasteiger partial charge in [0.2, 0.25) is 5.91 Å². The van der Waals surface area contributed by atoms with Gasteiger partial charge in [-0.05, 0) is 50.5 Å². The van der Waals surface area contributed by atoms with Gasteiger partial charge < -0.3 is 14.2 Å². The number of aromatic nitrogens is 3. The lowest BCUT2D eigenvalue weighted by Gasteiger charge is -2.33. The Balaban J connectivity index is 1.53. The molecule has 1 amide bonds. The van der Waals surface area contributed by atoms with Crippen molar-refractivity contribution in [3.63, 3.8) is 0 Å². The van der Waals surface area contributed by atoms with Crippen LogP contribution in [0.25, 0.3) is 0 Å². The summed E-state index contributed by atoms with van der Waals surface area (Å²) in [7, 11) is 1.89. The molecule has 1 aromatic carbocycles. The fourth-order valence-corrected chi connectivity index (χ4v) is 3.89. The summed E-state index contributed by atoms with van der Waals surface area (Å²) in [5, 5.41) is 9.74. The lowest BCUT2D eigenvalue weighted by atomic mass is 10.0. The predicted molar refractivity (Wildman–Crippen MR) is 103 cm³/mol. The number of rotatable bonds is 6. The van der Waals surface area contributed by atoms with Gasteiger partial charge in [-0.15, -0.1) is 10.2 Å². The zero-order valence-corrected chi connectivity index (χ0v) is 16.6. The zero-order valence-electron chi connectivity index (χ0n) is 15.0. The lowest BCUT2D eigenvalue weighted by Crippen LogP contribution is -2.42. The summed E-state index contributed by atoms with van der Waals surface area (Å²) in [5.74, 6) is 1.99. The third kappa shape index (κ3) is 4.71. The van der Waals surface area contributed by atoms with Crippen LogP contribution in [-0.2, 0) is 18.4 Å². The highest BCUT2D eigenvalue weighted by molar-refractivity contribution is 7.99. The molecule has 1 atom stereocenters. The predicted octanol–water partition coefficient (Wildman–Crippen LogP) is 3.54. The van der Waals surface area contributed by atoms with Crippen molar-refractivity contribution in [2.24, 2.45) is 7.05 Å². The van der Waals surface area contributed by atoms with Crippen LogP contribution < -0.4 is 4.74 Å². The third-order valence-corrected chi connectivity index (χ3v) is 5.81. The number of thioether (sulfide) groups is 1. The van der Waals surface area contributed by atoms with Gasteiger partial charge in [0, 0.05) is 24.7 Å². The van der Waals surface area contributed by atoms with Crippen molar-refractivity contribution in [2.75, 3.05) is 12.3 Å². The van der Waals surface area contributed by atoms with Crippen molar-refractivity contribution in [3.8, 4) is 5.75 Å². The van der Waals surface area contributed by atoms with Crippen molar-refractivity contribution in [2.45, 2.75) is 44.0 Å². The summed E-state index contributed by atoms with van der Waals surface area (Å²) in [6.45, 7) is 3.29. The first-order chi connectivity index (χ1) is 12.5. The van der Waals surface area contributed by atoms with Gasteiger partial charge in [0.15, 0.2) is 11.0 Å². The molecule has 2 aromatic rings. The SMILES string of the molecule is C[C@@H]1CCCCN1C(=O)CSc1nnc(COc2ccc(Cl)cc2)n1C. The van der Waals surface area contributed by atoms with Gasteiger partial charge in [-0.1, -0.05) is 23.4 Å². The summed E-state index contributed by atoms with van der Waals surface area (Å²) in [5.41, 5.74) is 0. The Bertz CT molecular complexity index is 750. The maximum atomic E-state index is 12.5. The van der Waals surface area contributed by atoms with E-state index in [4.69, 9.17) is 16.3 Å². The topological polar surface area (TPSA) is 60.3 Å². The molecule has 8 heteroatoms. The number of carbonyl (C=O) groups excluding carboxylic acids is 1. The number of likely N-dealkylation sites (tertiary alicyclic amines) is 1. The molecule has 1 aliphatic rings. The summed E-state index contributed by atoms with van der Waals surface area (Å²) in [4.78, 5) is 14.4. The molecule has 0 bridgehead atoms. The highest BCUT2D eigenvalue weighted by Gasteiger charge is 2.23. The molecule has 2 heterocycles. The van der Waals surface area contributed by atoms with Crippen LogP contribution in [0.3, 0.4) is 0 Å². The van der Waals surface area contributed by atoms with Crippen molar-refractivity contribution >= 4 is 29.3 Å². The average molecular weight is 395 g/mol. The van der Waals surface area contributed by atoms with E-state index >= 15 is 0 Å². The summed E-state index contributed by atoms with van der Waals surface area (Å²) in [6.07, 6.45) is 3.39. The number of amides is 1. The first-order valence-corrected chi connectivity index (χ1v) is 10.1. The highest BCUT2D eigenvalue weighted by Crippen LogP contribution is 2.21. The van der Waals surface area contributed by atoms with Gasteiger partial charge in [0.05, 0.1) is 5.75 Å². The number of nitrogens with zero attached hydrogens (tertiary/aromatic N) is 4. The van der Waals surface area contributed by atoms with Gasteiger partial charge in [0.25, 0.3) is 0 Å². The van der Waals surface area contributed by atoms with Gasteiger partial charge in [0.1, 0.15) is 12.4 Å². The largest absolute Gasteiger partial charge is 0.486 e. The van der Waals surface area contributed by atoms with Crippen LogP contribution in [0.4, 0.5) is 0 Å². The maximum absolute atomic E-state index is 12.5. The molecule has 1 aromatic heterocycles. The molecular weight excluding hydrogens is 372 g/mol. The lowest BCUT2D eigenvalue weighted by molar-refractivity contribution is -0.131. The molecule has 0 unspecified atom stereocenters. The number of carbonyl (C=O) groups is 1. The zero-order chi connectivity index (χ0) is 18.5. The molecule has 1 saturated heterocycles. The van der Waals surface area contributed by atoms with E-state index < -0.39 is 0 Å². The fourth-order valence-electron chi connectivity index (χ4n) is 2.95. The van der Waals surface area contributed by atoms with Crippen LogP contribution >= 0.6 is 23.4 Å². The first-order valence-electron chi connectivity index (χ1n) is 8.73. The van der Waals surface area contributed by atoms with E-state index in [0.717, 1.165) is 30.3 Å². The first kappa shape index (κ1) is 19.0. The van der Waals surface area contributed by atoms with Crippen molar-refractivity contribution < 1.29 is 9.53 Å². The Morgan fingerprint density at radius 1 is 1.31 bits per heavy atom. The summed E-state index contributed by atoms with van der Waals surface area (Å²) < 4.78 is 7.58. The van der Waals surface area contributed by atoms with Crippen LogP contribution in [0.1, 0.15) is 32.0 Å². The van der Waals surface area contributed by atoms with E-state index in [1.807, 2.05) is 28.6 Å². The van der Waals surface area contributed by atoms with E-state index in [0.29, 0.717) is 29.2 Å². The Kier molecular flexibility index (Phi) is 6.43. The van der Waals surface area contributed by atoms with Crippen molar-refractivity contribution in [1.29, 1.82) is 0 Å². The minimum atomic E-state index is 0.171. The number of halogens is 1. The fraction of sp³-hybridized carbons (Fsp3) is 0.500. The van der Waals surface area contributed by atoms with Gasteiger partial charge in [-0.25, -0.2) is 0 Å². The molecule has 0 aliphatic carbocycles. The van der Waals surface area contributed by atoms with E-state index in [1.165, 1.54) is 18.2 Å². The Morgan fingerprint density at radius 2 is 2.08 bits per heavy atom. The van der Waals surface area contributed by atoms with E-state index in [1.54, 1.807) is 12.1 Å². The standard InChI is InChI=1S/C18H23ClN4O2S/c1-13-5-3-4-10-23(13)17(24)12-26-18-21-20-16(22(18)2)11-25-15-8-6-14(19)7-9-15/h6-9,13H,3-5,10-12H2,1-2H3/t13-/m1/s1. The molecule has 1 aliphatic heterocycles. The summed E-state index contributed by atoms with van der Waals surface area (Å²) in [6, 6.07) is 7.52. The normalized spacial score (nSPS) is 17.3. The molecular formula is C18H23ClN4O2S. The van der Waals surface area contributed by atoms with Crippen LogP contribution in [0, 0.1) is 0 Å². The second-order valence-electron chi connectivity index (χ2n) is 6.42. The van der Waals surface area contributed by atoms with E-state index in [2.05, 4.69) is 17.1 Å². The molecule has 0 radical (unpaired) electrons. The van der Waals surface area contributed by atoms with Crippen molar-refractivity contribution in [1.82, 2.24) is 19.7 Å². The number of piperidine rings is 1. The molecule has 0 spiro atoms. The van der Waals surface area contributed by atoms with E-state index in [9.17, 15) is 4.79 Å². The van der Waals surface area contributed by atoms with Gasteiger partial charge >= 0.3 is 0 Å². The monoisotopic (exact) mass is 394 g/mol. The quantitative estimate of drug-likeness (QED) is 0.701. The van der Waals surface area contributed by atoms with Crippen LogP contribution in [0.2, 0.25) is 5.02 Å². The molecule has 0 N–H and O–H groups in total. The smallest absolute Gasteiger partial charge is 0.233 e. The second-order valence-corrected chi connectivity index (χ2v) is 7.80.